The summed E-state index contributed by atoms with van der Waals surface area (Å²) in [6.07, 6.45) is 1.48. The van der Waals surface area contributed by atoms with Gasteiger partial charge in [-0.2, -0.15) is 0 Å². The van der Waals surface area contributed by atoms with E-state index in [1.165, 1.54) is 18.3 Å². The van der Waals surface area contributed by atoms with Crippen LogP contribution in [0.25, 0.3) is 10.9 Å². The van der Waals surface area contributed by atoms with Crippen molar-refractivity contribution < 1.29 is 23.4 Å². The fraction of sp³-hybridized carbons (Fsp3) is 0.0588. The van der Waals surface area contributed by atoms with Crippen molar-refractivity contribution in [2.24, 2.45) is 0 Å². The second kappa shape index (κ2) is 6.86. The number of hydrogen-bond acceptors (Lipinski definition) is 5. The lowest BCUT2D eigenvalue weighted by atomic mass is 10.1. The van der Waals surface area contributed by atoms with Crippen LogP contribution in [0.5, 0.6) is 5.75 Å². The highest BCUT2D eigenvalue weighted by Gasteiger charge is 2.24. The van der Waals surface area contributed by atoms with E-state index < -0.39 is 32.9 Å². The van der Waals surface area contributed by atoms with E-state index in [1.54, 1.807) is 18.2 Å². The molecule has 0 spiro atoms. The molecular formula is C17H11BrClNO5S. The average molecular weight is 457 g/mol. The van der Waals surface area contributed by atoms with Gasteiger partial charge in [0.25, 0.3) is 0 Å². The third-order valence-electron chi connectivity index (χ3n) is 3.70. The molecule has 2 aromatic carbocycles. The van der Waals surface area contributed by atoms with Crippen molar-refractivity contribution in [3.8, 4) is 5.75 Å². The number of benzene rings is 2. The van der Waals surface area contributed by atoms with Crippen molar-refractivity contribution in [1.29, 1.82) is 0 Å². The Morgan fingerprint density at radius 3 is 2.65 bits per heavy atom. The maximum absolute atomic E-state index is 13.0. The number of fused-ring (bicyclic) bond motifs is 1. The highest BCUT2D eigenvalue weighted by atomic mass is 79.9. The molecule has 0 saturated heterocycles. The lowest BCUT2D eigenvalue weighted by molar-refractivity contribution is 0.0693. The molecule has 134 valence electrons. The topological polar surface area (TPSA) is 105 Å². The van der Waals surface area contributed by atoms with Crippen LogP contribution in [0, 0.1) is 0 Å². The molecule has 9 heteroatoms. The van der Waals surface area contributed by atoms with E-state index in [-0.39, 0.29) is 21.0 Å². The van der Waals surface area contributed by atoms with Crippen molar-refractivity contribution in [2.75, 3.05) is 0 Å². The van der Waals surface area contributed by atoms with Crippen LogP contribution in [-0.2, 0) is 15.6 Å². The second-order valence-corrected chi connectivity index (χ2v) is 8.81. The second-order valence-electron chi connectivity index (χ2n) is 5.50. The lowest BCUT2D eigenvalue weighted by Crippen LogP contribution is -2.08. The SMILES string of the molecule is O=C(O)c1cc(Cl)cc(CS(=O)(=O)c2cc(Br)cc3cccnc23)c1O. The largest absolute Gasteiger partial charge is 0.507 e. The molecule has 0 unspecified atom stereocenters. The van der Waals surface area contributed by atoms with E-state index in [2.05, 4.69) is 20.9 Å². The summed E-state index contributed by atoms with van der Waals surface area (Å²) in [5, 5.41) is 19.9. The molecule has 0 bridgehead atoms. The summed E-state index contributed by atoms with van der Waals surface area (Å²) in [6, 6.07) is 8.86. The molecule has 0 atom stereocenters. The van der Waals surface area contributed by atoms with Crippen molar-refractivity contribution in [2.45, 2.75) is 10.6 Å². The van der Waals surface area contributed by atoms with Crippen LogP contribution in [0.2, 0.25) is 5.02 Å². The average Bonchev–Trinajstić information content (AvgIpc) is 2.56. The summed E-state index contributed by atoms with van der Waals surface area (Å²) in [4.78, 5) is 15.3. The van der Waals surface area contributed by atoms with Gasteiger partial charge in [0, 0.05) is 26.6 Å². The van der Waals surface area contributed by atoms with Gasteiger partial charge in [0.1, 0.15) is 11.3 Å². The fourth-order valence-electron chi connectivity index (χ4n) is 2.57. The van der Waals surface area contributed by atoms with Gasteiger partial charge in [0.2, 0.25) is 0 Å². The summed E-state index contributed by atoms with van der Waals surface area (Å²) in [5.74, 6) is -2.65. The third kappa shape index (κ3) is 3.53. The Morgan fingerprint density at radius 2 is 1.96 bits per heavy atom. The van der Waals surface area contributed by atoms with E-state index >= 15 is 0 Å². The smallest absolute Gasteiger partial charge is 0.339 e. The molecule has 1 heterocycles. The van der Waals surface area contributed by atoms with Crippen LogP contribution in [0.15, 0.2) is 52.0 Å². The number of hydrogen-bond donors (Lipinski definition) is 2. The third-order valence-corrected chi connectivity index (χ3v) is 6.05. The summed E-state index contributed by atoms with van der Waals surface area (Å²) < 4.78 is 26.5. The molecule has 3 rings (SSSR count). The zero-order valence-corrected chi connectivity index (χ0v) is 16.1. The number of carboxylic acid groups (broad SMARTS) is 1. The highest BCUT2D eigenvalue weighted by Crippen LogP contribution is 2.33. The molecule has 2 N–H and O–H groups in total. The van der Waals surface area contributed by atoms with Crippen LogP contribution in [-0.4, -0.2) is 29.6 Å². The molecular weight excluding hydrogens is 446 g/mol. The maximum Gasteiger partial charge on any atom is 0.339 e. The van der Waals surface area contributed by atoms with Crippen molar-refractivity contribution in [3.63, 3.8) is 0 Å². The van der Waals surface area contributed by atoms with Crippen LogP contribution in [0.1, 0.15) is 15.9 Å². The first kappa shape index (κ1) is 18.6. The molecule has 0 aliphatic rings. The molecule has 0 amide bonds. The number of nitrogens with zero attached hydrogens (tertiary/aromatic N) is 1. The standard InChI is InChI=1S/C17H11BrClNO5S/c18-11-4-9-2-1-3-20-15(9)14(6-11)26(24,25)8-10-5-12(19)7-13(16(10)21)17(22)23/h1-7,21H,8H2,(H,22,23). The number of rotatable bonds is 4. The van der Waals surface area contributed by atoms with Crippen molar-refractivity contribution in [3.05, 3.63) is 63.2 Å². The zero-order chi connectivity index (χ0) is 19.1. The monoisotopic (exact) mass is 455 g/mol. The Balaban J connectivity index is 2.16. The van der Waals surface area contributed by atoms with Gasteiger partial charge in [-0.3, -0.25) is 4.98 Å². The minimum Gasteiger partial charge on any atom is -0.507 e. The van der Waals surface area contributed by atoms with Crippen LogP contribution in [0.3, 0.4) is 0 Å². The Hall–Kier alpha value is -2.16. The number of aromatic hydroxyl groups is 1. The number of phenols is 1. The summed E-state index contributed by atoms with van der Waals surface area (Å²) in [5.41, 5.74) is -0.269. The quantitative estimate of drug-likeness (QED) is 0.614. The number of carboxylic acids is 1. The molecule has 0 aliphatic heterocycles. The predicted octanol–water partition coefficient (Wildman–Crippen LogP) is 4.03. The molecule has 0 saturated carbocycles. The molecule has 3 aromatic rings. The summed E-state index contributed by atoms with van der Waals surface area (Å²) >= 11 is 9.15. The Labute approximate surface area is 162 Å². The van der Waals surface area contributed by atoms with Gasteiger partial charge in [0.05, 0.1) is 16.2 Å². The van der Waals surface area contributed by atoms with Gasteiger partial charge in [-0.1, -0.05) is 33.6 Å². The predicted molar refractivity (Wildman–Crippen MR) is 100 cm³/mol. The Morgan fingerprint density at radius 1 is 1.23 bits per heavy atom. The van der Waals surface area contributed by atoms with E-state index in [4.69, 9.17) is 16.7 Å². The van der Waals surface area contributed by atoms with E-state index in [9.17, 15) is 18.3 Å². The van der Waals surface area contributed by atoms with Crippen LogP contribution >= 0.6 is 27.5 Å². The van der Waals surface area contributed by atoms with E-state index in [0.29, 0.717) is 9.86 Å². The van der Waals surface area contributed by atoms with Gasteiger partial charge in [-0.05, 0) is 30.3 Å². The van der Waals surface area contributed by atoms with Crippen LogP contribution in [0.4, 0.5) is 0 Å². The molecule has 26 heavy (non-hydrogen) atoms. The zero-order valence-electron chi connectivity index (χ0n) is 13.0. The molecule has 0 radical (unpaired) electrons. The minimum absolute atomic E-state index is 0.0163. The van der Waals surface area contributed by atoms with Gasteiger partial charge in [0.15, 0.2) is 9.84 Å². The highest BCUT2D eigenvalue weighted by molar-refractivity contribution is 9.10. The van der Waals surface area contributed by atoms with Gasteiger partial charge >= 0.3 is 5.97 Å². The first-order valence-corrected chi connectivity index (χ1v) is 10.0. The fourth-order valence-corrected chi connectivity index (χ4v) is 5.00. The molecule has 1 aromatic heterocycles. The van der Waals surface area contributed by atoms with Crippen LogP contribution < -0.4 is 0 Å². The van der Waals surface area contributed by atoms with Gasteiger partial charge < -0.3 is 10.2 Å². The molecule has 0 fully saturated rings. The van der Waals surface area contributed by atoms with Crippen molar-refractivity contribution >= 4 is 54.2 Å². The molecule has 6 nitrogen and oxygen atoms in total. The van der Waals surface area contributed by atoms with Gasteiger partial charge in [-0.15, -0.1) is 0 Å². The van der Waals surface area contributed by atoms with Gasteiger partial charge in [-0.25, -0.2) is 13.2 Å². The number of pyridine rings is 1. The lowest BCUT2D eigenvalue weighted by Gasteiger charge is -2.11. The summed E-state index contributed by atoms with van der Waals surface area (Å²) in [6.45, 7) is 0. The Kier molecular flexibility index (Phi) is 4.92. The first-order valence-electron chi connectivity index (χ1n) is 7.21. The summed E-state index contributed by atoms with van der Waals surface area (Å²) in [7, 11) is -3.95. The number of aromatic nitrogens is 1. The Bertz CT molecular complexity index is 1150. The maximum atomic E-state index is 13.0. The molecule has 0 aliphatic carbocycles. The first-order chi connectivity index (χ1) is 12.2. The normalized spacial score (nSPS) is 11.6. The van der Waals surface area contributed by atoms with E-state index in [1.807, 2.05) is 0 Å². The number of carbonyl (C=O) groups is 1. The number of aromatic carboxylic acids is 1. The minimum atomic E-state index is -3.95. The number of sulfone groups is 1. The van der Waals surface area contributed by atoms with Crippen molar-refractivity contribution in [1.82, 2.24) is 4.98 Å². The number of halogens is 2. The van der Waals surface area contributed by atoms with E-state index in [0.717, 1.165) is 6.07 Å².